The number of hydrogen-bond acceptors (Lipinski definition) is 5. The summed E-state index contributed by atoms with van der Waals surface area (Å²) < 4.78 is 3.19. The molecule has 0 spiro atoms. The number of rotatable bonds is 5. The zero-order valence-corrected chi connectivity index (χ0v) is 16.0. The van der Waals surface area contributed by atoms with Crippen LogP contribution in [0.1, 0.15) is 18.4 Å². The van der Waals surface area contributed by atoms with Gasteiger partial charge >= 0.3 is 0 Å². The topological polar surface area (TPSA) is 73.0 Å². The quantitative estimate of drug-likeness (QED) is 0.497. The van der Waals surface area contributed by atoms with Crippen LogP contribution in [0.4, 0.5) is 0 Å². The summed E-state index contributed by atoms with van der Waals surface area (Å²) >= 11 is 1.32. The summed E-state index contributed by atoms with van der Waals surface area (Å²) in [5.41, 5.74) is 1.90. The third-order valence-electron chi connectivity index (χ3n) is 4.78. The molecule has 4 rings (SSSR count). The number of aromatic nitrogens is 4. The maximum Gasteiger partial charge on any atom is 0.280 e. The van der Waals surface area contributed by atoms with Crippen LogP contribution in [0.25, 0.3) is 11.0 Å². The molecule has 0 unspecified atom stereocenters. The van der Waals surface area contributed by atoms with Crippen LogP contribution in [-0.4, -0.2) is 49.0 Å². The molecule has 0 N–H and O–H groups in total. The molecule has 1 aromatic carbocycles. The number of thioether (sulfide) groups is 1. The normalized spacial score (nSPS) is 14.2. The number of fused-ring (bicyclic) bond motifs is 1. The molecule has 0 atom stereocenters. The van der Waals surface area contributed by atoms with Crippen LogP contribution >= 0.6 is 11.8 Å². The van der Waals surface area contributed by atoms with E-state index >= 15 is 0 Å². The van der Waals surface area contributed by atoms with E-state index < -0.39 is 0 Å². The van der Waals surface area contributed by atoms with Crippen molar-refractivity contribution >= 4 is 28.7 Å². The summed E-state index contributed by atoms with van der Waals surface area (Å²) in [5.74, 6) is 0.386. The molecule has 7 nitrogen and oxygen atoms in total. The molecular formula is C19H21N5O2S. The van der Waals surface area contributed by atoms with Crippen LogP contribution in [0, 0.1) is 0 Å². The van der Waals surface area contributed by atoms with Gasteiger partial charge in [0.05, 0.1) is 18.5 Å². The second kappa shape index (κ2) is 7.56. The third-order valence-corrected chi connectivity index (χ3v) is 5.74. The molecule has 0 saturated carbocycles. The lowest BCUT2D eigenvalue weighted by Crippen LogP contribution is -2.30. The number of amides is 1. The highest BCUT2D eigenvalue weighted by Crippen LogP contribution is 2.20. The fraction of sp³-hybridized carbons (Fsp3) is 0.368. The molecule has 2 aromatic heterocycles. The molecule has 1 saturated heterocycles. The van der Waals surface area contributed by atoms with Crippen molar-refractivity contribution in [3.8, 4) is 0 Å². The van der Waals surface area contributed by atoms with Crippen molar-refractivity contribution in [2.24, 2.45) is 7.05 Å². The van der Waals surface area contributed by atoms with E-state index in [9.17, 15) is 9.59 Å². The highest BCUT2D eigenvalue weighted by atomic mass is 32.2. The van der Waals surface area contributed by atoms with E-state index in [4.69, 9.17) is 0 Å². The van der Waals surface area contributed by atoms with Crippen molar-refractivity contribution in [2.45, 2.75) is 24.5 Å². The minimum Gasteiger partial charge on any atom is -0.342 e. The second-order valence-corrected chi connectivity index (χ2v) is 7.59. The van der Waals surface area contributed by atoms with Gasteiger partial charge in [-0.15, -0.1) is 0 Å². The van der Waals surface area contributed by atoms with E-state index in [-0.39, 0.29) is 17.2 Å². The predicted molar refractivity (Wildman–Crippen MR) is 105 cm³/mol. The van der Waals surface area contributed by atoms with E-state index in [0.29, 0.717) is 22.7 Å². The van der Waals surface area contributed by atoms with Gasteiger partial charge in [0, 0.05) is 20.1 Å². The van der Waals surface area contributed by atoms with Crippen molar-refractivity contribution in [3.05, 3.63) is 52.4 Å². The molecule has 140 valence electrons. The molecule has 1 aliphatic rings. The monoisotopic (exact) mass is 383 g/mol. The minimum absolute atomic E-state index is 0.101. The molecule has 27 heavy (non-hydrogen) atoms. The molecule has 3 aromatic rings. The van der Waals surface area contributed by atoms with Gasteiger partial charge in [-0.25, -0.2) is 4.98 Å². The average molecular weight is 383 g/mol. The Balaban J connectivity index is 1.68. The third kappa shape index (κ3) is 3.62. The van der Waals surface area contributed by atoms with Gasteiger partial charge in [0.2, 0.25) is 5.91 Å². The summed E-state index contributed by atoms with van der Waals surface area (Å²) in [6.07, 6.45) is 3.72. The van der Waals surface area contributed by atoms with Crippen molar-refractivity contribution < 1.29 is 4.79 Å². The molecule has 1 amide bonds. The molecule has 0 aliphatic carbocycles. The maximum absolute atomic E-state index is 13.1. The Morgan fingerprint density at radius 2 is 1.93 bits per heavy atom. The lowest BCUT2D eigenvalue weighted by molar-refractivity contribution is -0.127. The lowest BCUT2D eigenvalue weighted by atomic mass is 10.2. The highest BCUT2D eigenvalue weighted by molar-refractivity contribution is 7.99. The highest BCUT2D eigenvalue weighted by Gasteiger charge is 2.20. The molecule has 0 radical (unpaired) electrons. The molecule has 1 aliphatic heterocycles. The SMILES string of the molecule is Cn1ncc2nc(SCC(=O)N3CCCC3)n(Cc3ccccc3)c(=O)c21. The fourth-order valence-electron chi connectivity index (χ4n) is 3.33. The second-order valence-electron chi connectivity index (χ2n) is 6.65. The van der Waals surface area contributed by atoms with Gasteiger partial charge in [0.1, 0.15) is 5.52 Å². The van der Waals surface area contributed by atoms with E-state index in [1.807, 2.05) is 35.2 Å². The Kier molecular flexibility index (Phi) is 4.98. The Bertz CT molecular complexity index is 1020. The molecular weight excluding hydrogens is 362 g/mol. The molecule has 8 heteroatoms. The summed E-state index contributed by atoms with van der Waals surface area (Å²) in [5, 5.41) is 4.71. The van der Waals surface area contributed by atoms with Gasteiger partial charge in [0.25, 0.3) is 5.56 Å². The Morgan fingerprint density at radius 1 is 1.19 bits per heavy atom. The maximum atomic E-state index is 13.1. The van der Waals surface area contributed by atoms with Crippen LogP contribution in [0.3, 0.4) is 0 Å². The first-order valence-corrected chi connectivity index (χ1v) is 9.99. The van der Waals surface area contributed by atoms with Gasteiger partial charge in [-0.1, -0.05) is 42.1 Å². The average Bonchev–Trinajstić information content (AvgIpc) is 3.33. The number of likely N-dealkylation sites (tertiary alicyclic amines) is 1. The van der Waals surface area contributed by atoms with Gasteiger partial charge < -0.3 is 4.90 Å². The Morgan fingerprint density at radius 3 is 2.67 bits per heavy atom. The molecule has 3 heterocycles. The van der Waals surface area contributed by atoms with Crippen LogP contribution in [0.5, 0.6) is 0 Å². The van der Waals surface area contributed by atoms with E-state index in [0.717, 1.165) is 31.5 Å². The van der Waals surface area contributed by atoms with Gasteiger partial charge in [0.15, 0.2) is 10.7 Å². The largest absolute Gasteiger partial charge is 0.342 e. The lowest BCUT2D eigenvalue weighted by Gasteiger charge is -2.16. The van der Waals surface area contributed by atoms with Gasteiger partial charge in [-0.2, -0.15) is 5.10 Å². The summed E-state index contributed by atoms with van der Waals surface area (Å²) in [4.78, 5) is 32.0. The summed E-state index contributed by atoms with van der Waals surface area (Å²) in [7, 11) is 1.74. The predicted octanol–water partition coefficient (Wildman–Crippen LogP) is 1.89. The first-order valence-electron chi connectivity index (χ1n) is 9.00. The van der Waals surface area contributed by atoms with E-state index in [1.165, 1.54) is 11.8 Å². The Hall–Kier alpha value is -2.61. The van der Waals surface area contributed by atoms with E-state index in [2.05, 4.69) is 10.1 Å². The zero-order chi connectivity index (χ0) is 18.8. The summed E-state index contributed by atoms with van der Waals surface area (Å²) in [6, 6.07) is 9.78. The zero-order valence-electron chi connectivity index (χ0n) is 15.2. The van der Waals surface area contributed by atoms with E-state index in [1.54, 1.807) is 22.5 Å². The van der Waals surface area contributed by atoms with Crippen LogP contribution in [0.2, 0.25) is 0 Å². The Labute approximate surface area is 161 Å². The number of nitrogens with zero attached hydrogens (tertiary/aromatic N) is 5. The van der Waals surface area contributed by atoms with Crippen molar-refractivity contribution in [3.63, 3.8) is 0 Å². The number of carbonyl (C=O) groups is 1. The van der Waals surface area contributed by atoms with Crippen molar-refractivity contribution in [1.29, 1.82) is 0 Å². The van der Waals surface area contributed by atoms with Crippen molar-refractivity contribution in [1.82, 2.24) is 24.2 Å². The summed E-state index contributed by atoms with van der Waals surface area (Å²) in [6.45, 7) is 2.06. The number of hydrogen-bond donors (Lipinski definition) is 0. The van der Waals surface area contributed by atoms with Crippen LogP contribution < -0.4 is 5.56 Å². The molecule has 0 bridgehead atoms. The number of aryl methyl sites for hydroxylation is 1. The van der Waals surface area contributed by atoms with Crippen LogP contribution in [-0.2, 0) is 18.4 Å². The fourth-order valence-corrected chi connectivity index (χ4v) is 4.23. The van der Waals surface area contributed by atoms with Gasteiger partial charge in [-0.05, 0) is 18.4 Å². The molecule has 1 fully saturated rings. The van der Waals surface area contributed by atoms with Gasteiger partial charge in [-0.3, -0.25) is 18.8 Å². The first-order chi connectivity index (χ1) is 13.1. The smallest absolute Gasteiger partial charge is 0.280 e. The standard InChI is InChI=1S/C19H21N5O2S/c1-22-17-15(11-20-22)21-19(27-13-16(25)23-9-5-6-10-23)24(18(17)26)12-14-7-3-2-4-8-14/h2-4,7-8,11H,5-6,9-10,12-13H2,1H3. The number of benzene rings is 1. The first kappa shape index (κ1) is 17.8. The van der Waals surface area contributed by atoms with Crippen LogP contribution in [0.15, 0.2) is 46.5 Å². The number of carbonyl (C=O) groups excluding carboxylic acids is 1. The minimum atomic E-state index is -0.139. The van der Waals surface area contributed by atoms with Crippen molar-refractivity contribution in [2.75, 3.05) is 18.8 Å².